The van der Waals surface area contributed by atoms with Crippen LogP contribution in [0.25, 0.3) is 0 Å². The van der Waals surface area contributed by atoms with Crippen molar-refractivity contribution in [2.75, 3.05) is 6.61 Å². The van der Waals surface area contributed by atoms with Crippen molar-refractivity contribution in [3.05, 3.63) is 36.5 Å². The Morgan fingerprint density at radius 2 is 1.52 bits per heavy atom. The maximum atomic E-state index is 14.0. The largest absolute Gasteiger partial charge is 0.458 e. The summed E-state index contributed by atoms with van der Waals surface area (Å²) in [6, 6.07) is 0. The summed E-state index contributed by atoms with van der Waals surface area (Å²) in [7, 11) is 0. The van der Waals surface area contributed by atoms with Gasteiger partial charge in [-0.2, -0.15) is 0 Å². The van der Waals surface area contributed by atoms with Crippen molar-refractivity contribution < 1.29 is 64.0 Å². The Morgan fingerprint density at radius 1 is 0.879 bits per heavy atom. The van der Waals surface area contributed by atoms with E-state index in [2.05, 4.69) is 0 Å². The van der Waals surface area contributed by atoms with Gasteiger partial charge in [0.1, 0.15) is 17.5 Å². The number of hydrogen-bond donors (Lipinski definition) is 6. The highest BCUT2D eigenvalue weighted by molar-refractivity contribution is 5.91. The molecule has 0 amide bonds. The van der Waals surface area contributed by atoms with Crippen LogP contribution >= 0.6 is 0 Å². The summed E-state index contributed by atoms with van der Waals surface area (Å²) in [5.74, 6) is -10.4. The Balaban J connectivity index is 2.04. The number of Topliss-reactive ketones (excluding diaryl/α,β-unsaturated/α-hetero) is 3. The van der Waals surface area contributed by atoms with Crippen LogP contribution < -0.4 is 0 Å². The van der Waals surface area contributed by atoms with E-state index < -0.39 is 114 Å². The SMILES string of the molecule is CCC1C=CC=CCC(CO)C(O)C(C)(O)C(=O)C(C)C(O)C(C)C(=O)C(C)C(O)C(C)C=CC(=O)OC2C(C)C(CC1)OC1(OC(CC(C)O)C(C)CC1=O)C2C. The maximum absolute atomic E-state index is 14.0. The smallest absolute Gasteiger partial charge is 0.330 e. The van der Waals surface area contributed by atoms with Crippen molar-refractivity contribution in [2.45, 2.75) is 162 Å². The Morgan fingerprint density at radius 3 is 2.12 bits per heavy atom. The van der Waals surface area contributed by atoms with Gasteiger partial charge >= 0.3 is 5.97 Å². The fraction of sp³-hybridized carbons (Fsp3) is 0.778. The third-order valence-electron chi connectivity index (χ3n) is 13.3. The zero-order valence-corrected chi connectivity index (χ0v) is 36.2. The van der Waals surface area contributed by atoms with Gasteiger partial charge in [0.2, 0.25) is 5.79 Å². The minimum atomic E-state index is -2.37. The number of carbonyl (C=O) groups is 4. The van der Waals surface area contributed by atoms with E-state index in [4.69, 9.17) is 14.2 Å². The highest BCUT2D eigenvalue weighted by Crippen LogP contribution is 2.47. The van der Waals surface area contributed by atoms with Gasteiger partial charge < -0.3 is 44.8 Å². The van der Waals surface area contributed by atoms with Crippen LogP contribution in [-0.4, -0.2) is 115 Å². The quantitative estimate of drug-likeness (QED) is 0.221. The Kier molecular flexibility index (Phi) is 18.2. The maximum Gasteiger partial charge on any atom is 0.330 e. The van der Waals surface area contributed by atoms with Crippen LogP contribution in [0.4, 0.5) is 0 Å². The van der Waals surface area contributed by atoms with Crippen LogP contribution in [0.2, 0.25) is 0 Å². The molecule has 0 aliphatic carbocycles. The second kappa shape index (κ2) is 21.3. The predicted octanol–water partition coefficient (Wildman–Crippen LogP) is 4.03. The number of aliphatic hydroxyl groups is 6. The average molecular weight is 821 g/mol. The highest BCUT2D eigenvalue weighted by atomic mass is 16.7. The number of carbonyl (C=O) groups excluding carboxylic acids is 4. The number of rotatable bonds is 4. The van der Waals surface area contributed by atoms with E-state index in [0.717, 1.165) is 13.3 Å². The molecule has 3 aliphatic heterocycles. The normalized spacial score (nSPS) is 44.0. The summed E-state index contributed by atoms with van der Waals surface area (Å²) >= 11 is 0. The molecule has 1 spiro atoms. The summed E-state index contributed by atoms with van der Waals surface area (Å²) in [4.78, 5) is 54.6. The molecule has 2 saturated heterocycles. The average Bonchev–Trinajstić information content (AvgIpc) is 3.18. The first-order chi connectivity index (χ1) is 27.0. The van der Waals surface area contributed by atoms with Gasteiger partial charge in [0.25, 0.3) is 0 Å². The third kappa shape index (κ3) is 11.4. The Labute approximate surface area is 344 Å². The van der Waals surface area contributed by atoms with E-state index >= 15 is 0 Å². The molecular weight excluding hydrogens is 748 g/mol. The second-order valence-corrected chi connectivity index (χ2v) is 17.9. The van der Waals surface area contributed by atoms with Gasteiger partial charge in [-0.1, -0.05) is 85.8 Å². The van der Waals surface area contributed by atoms with Crippen molar-refractivity contribution in [2.24, 2.45) is 53.3 Å². The second-order valence-electron chi connectivity index (χ2n) is 17.9. The minimum Gasteiger partial charge on any atom is -0.458 e. The molecule has 3 aliphatic rings. The summed E-state index contributed by atoms with van der Waals surface area (Å²) in [6.45, 7) is 15.8. The van der Waals surface area contributed by atoms with E-state index in [-0.39, 0.29) is 36.4 Å². The van der Waals surface area contributed by atoms with Crippen LogP contribution in [0.3, 0.4) is 0 Å². The first kappa shape index (κ1) is 49.7. The molecule has 58 heavy (non-hydrogen) atoms. The van der Waals surface area contributed by atoms with Crippen LogP contribution in [0, 0.1) is 53.3 Å². The van der Waals surface area contributed by atoms with Gasteiger partial charge in [0, 0.05) is 54.6 Å². The molecule has 0 aromatic rings. The number of hydrogen-bond acceptors (Lipinski definition) is 13. The molecular formula is C45H72O13. The molecule has 0 saturated carbocycles. The van der Waals surface area contributed by atoms with Crippen molar-refractivity contribution in [3.8, 4) is 0 Å². The molecule has 3 heterocycles. The van der Waals surface area contributed by atoms with Gasteiger partial charge in [-0.25, -0.2) is 4.79 Å². The molecule has 3 rings (SSSR count). The zero-order valence-electron chi connectivity index (χ0n) is 36.2. The summed E-state index contributed by atoms with van der Waals surface area (Å²) < 4.78 is 19.4. The van der Waals surface area contributed by atoms with Crippen molar-refractivity contribution >= 4 is 23.3 Å². The monoisotopic (exact) mass is 820 g/mol. The molecule has 13 nitrogen and oxygen atoms in total. The highest BCUT2D eigenvalue weighted by Gasteiger charge is 2.61. The van der Waals surface area contributed by atoms with Crippen LogP contribution in [-0.2, 0) is 33.4 Å². The Hall–Kier alpha value is -2.62. The summed E-state index contributed by atoms with van der Waals surface area (Å²) in [6.07, 6.45) is 5.39. The topological polar surface area (TPSA) is 217 Å². The van der Waals surface area contributed by atoms with Crippen molar-refractivity contribution in [3.63, 3.8) is 0 Å². The van der Waals surface area contributed by atoms with E-state index in [0.29, 0.717) is 19.3 Å². The molecule has 2 bridgehead atoms. The third-order valence-corrected chi connectivity index (χ3v) is 13.3. The summed E-state index contributed by atoms with van der Waals surface area (Å²) in [5, 5.41) is 65.2. The molecule has 6 N–H and O–H groups in total. The van der Waals surface area contributed by atoms with Crippen LogP contribution in [0.5, 0.6) is 0 Å². The van der Waals surface area contributed by atoms with E-state index in [1.54, 1.807) is 32.9 Å². The molecule has 18 atom stereocenters. The lowest BCUT2D eigenvalue weighted by Crippen LogP contribution is -2.66. The first-order valence-corrected chi connectivity index (χ1v) is 21.3. The minimum absolute atomic E-state index is 0.0827. The fourth-order valence-electron chi connectivity index (χ4n) is 8.95. The summed E-state index contributed by atoms with van der Waals surface area (Å²) in [5.41, 5.74) is -2.37. The van der Waals surface area contributed by atoms with E-state index in [1.165, 1.54) is 32.9 Å². The van der Waals surface area contributed by atoms with Gasteiger partial charge in [-0.05, 0) is 57.8 Å². The van der Waals surface area contributed by atoms with Gasteiger partial charge in [0.05, 0.1) is 42.5 Å². The van der Waals surface area contributed by atoms with Crippen molar-refractivity contribution in [1.82, 2.24) is 0 Å². The number of ketones is 3. The van der Waals surface area contributed by atoms with E-state index in [9.17, 15) is 49.8 Å². The zero-order chi connectivity index (χ0) is 43.9. The van der Waals surface area contributed by atoms with Crippen LogP contribution in [0.15, 0.2) is 36.5 Å². The molecule has 0 radical (unpaired) electrons. The van der Waals surface area contributed by atoms with Crippen molar-refractivity contribution in [1.29, 1.82) is 0 Å². The predicted molar refractivity (Wildman–Crippen MR) is 217 cm³/mol. The van der Waals surface area contributed by atoms with Crippen LogP contribution in [0.1, 0.15) is 108 Å². The number of allylic oxidation sites excluding steroid dienone is 4. The Bertz CT molecular complexity index is 1490. The molecule has 18 unspecified atom stereocenters. The number of ether oxygens (including phenoxy) is 3. The van der Waals surface area contributed by atoms with E-state index in [1.807, 2.05) is 32.9 Å². The fourth-order valence-corrected chi connectivity index (χ4v) is 8.95. The number of esters is 1. The van der Waals surface area contributed by atoms with Gasteiger partial charge in [0.15, 0.2) is 11.6 Å². The number of aliphatic hydroxyl groups excluding tert-OH is 5. The van der Waals surface area contributed by atoms with Gasteiger partial charge in [-0.3, -0.25) is 14.4 Å². The molecule has 13 heteroatoms. The number of fused-ring (bicyclic) bond motifs is 2. The van der Waals surface area contributed by atoms with Gasteiger partial charge in [-0.15, -0.1) is 0 Å². The first-order valence-electron chi connectivity index (χ1n) is 21.3. The lowest BCUT2D eigenvalue weighted by molar-refractivity contribution is -0.344. The lowest BCUT2D eigenvalue weighted by Gasteiger charge is -2.54. The molecule has 0 aromatic heterocycles. The molecule has 2 fully saturated rings. The molecule has 330 valence electrons. The standard InChI is InChI=1S/C45H72O13/c1-11-32-15-13-12-14-16-33(23-46)43(54)44(10,55)42(53)30(8)40(52)29(7)39(51)28(6)38(50)24(2)17-20-37(49)56-41-27(5)34(19-18-32)57-45(31(41)9)36(48)21-25(3)35(58-45)22-26(4)47/h12-15,17,20,24-35,38,40-41,43,46-47,50,52,54-55H,11,16,18-19,21-23H2,1-10H3. The molecule has 0 aromatic carbocycles. The lowest BCUT2D eigenvalue weighted by atomic mass is 9.74.